The number of hydrogen-bond donors (Lipinski definition) is 2. The monoisotopic (exact) mass is 328 g/mol. The van der Waals surface area contributed by atoms with Crippen LogP contribution in [0, 0.1) is 0 Å². The lowest BCUT2D eigenvalue weighted by Gasteiger charge is -2.15. The van der Waals surface area contributed by atoms with E-state index in [1.165, 1.54) is 0 Å². The van der Waals surface area contributed by atoms with Gasteiger partial charge in [-0.15, -0.1) is 0 Å². The topological polar surface area (TPSA) is 62.7 Å². The van der Waals surface area contributed by atoms with E-state index in [4.69, 9.17) is 11.6 Å². The van der Waals surface area contributed by atoms with Crippen LogP contribution in [0.2, 0.25) is 5.02 Å². The molecule has 0 spiro atoms. The summed E-state index contributed by atoms with van der Waals surface area (Å²) in [6.07, 6.45) is 5.75. The molecule has 23 heavy (non-hydrogen) atoms. The Morgan fingerprint density at radius 1 is 1.43 bits per heavy atom. The van der Waals surface area contributed by atoms with Crippen molar-refractivity contribution in [2.45, 2.75) is 31.8 Å². The number of hydrogen-bond acceptors (Lipinski definition) is 2. The molecular weight excluding hydrogens is 312 g/mol. The van der Waals surface area contributed by atoms with Crippen LogP contribution in [0.4, 0.5) is 0 Å². The van der Waals surface area contributed by atoms with E-state index in [2.05, 4.69) is 15.4 Å². The Balaban J connectivity index is 1.59. The fourth-order valence-corrected chi connectivity index (χ4v) is 3.09. The minimum atomic E-state index is -0.264. The van der Waals surface area contributed by atoms with Crippen LogP contribution in [-0.2, 0) is 12.1 Å². The van der Waals surface area contributed by atoms with Gasteiger partial charge in [0, 0.05) is 34.2 Å². The summed E-state index contributed by atoms with van der Waals surface area (Å²) in [5, 5.41) is 9.06. The molecule has 118 valence electrons. The summed E-state index contributed by atoms with van der Waals surface area (Å²) in [7, 11) is 0. The maximum atomic E-state index is 12.6. The number of fused-ring (bicyclic) bond motifs is 1. The van der Waals surface area contributed by atoms with Crippen molar-refractivity contribution in [3.8, 4) is 0 Å². The Bertz CT molecular complexity index is 891. The van der Waals surface area contributed by atoms with Crippen LogP contribution < -0.4 is 5.32 Å². The summed E-state index contributed by atoms with van der Waals surface area (Å²) in [5.74, 6) is -0.0981. The summed E-state index contributed by atoms with van der Waals surface area (Å²) in [5.41, 5.74) is 2.27. The van der Waals surface area contributed by atoms with E-state index in [0.29, 0.717) is 10.7 Å². The fraction of sp³-hybridized carbons (Fsp3) is 0.294. The van der Waals surface area contributed by atoms with Crippen molar-refractivity contribution in [3.63, 3.8) is 0 Å². The lowest BCUT2D eigenvalue weighted by atomic mass is 10.1. The molecule has 0 unspecified atom stereocenters. The van der Waals surface area contributed by atoms with Gasteiger partial charge in [-0.25, -0.2) is 0 Å². The van der Waals surface area contributed by atoms with Crippen LogP contribution in [0.3, 0.4) is 0 Å². The molecule has 0 atom stereocenters. The van der Waals surface area contributed by atoms with Gasteiger partial charge >= 0.3 is 0 Å². The molecule has 2 aromatic heterocycles. The SMILES string of the molecule is CCn1cc(C2(NC(=O)c3cc4cc(Cl)ccc4[nH]3)CC2)cn1. The van der Waals surface area contributed by atoms with Gasteiger partial charge in [-0.2, -0.15) is 5.10 Å². The van der Waals surface area contributed by atoms with Gasteiger partial charge in [0.15, 0.2) is 0 Å². The second-order valence-corrected chi connectivity index (χ2v) is 6.47. The molecule has 0 saturated heterocycles. The van der Waals surface area contributed by atoms with Gasteiger partial charge in [-0.3, -0.25) is 9.48 Å². The quantitative estimate of drug-likeness (QED) is 0.770. The molecule has 3 aromatic rings. The molecule has 1 saturated carbocycles. The van der Waals surface area contributed by atoms with Gasteiger partial charge in [-0.05, 0) is 44.0 Å². The van der Waals surface area contributed by atoms with Crippen LogP contribution in [-0.4, -0.2) is 20.7 Å². The molecule has 0 radical (unpaired) electrons. The Labute approximate surface area is 138 Å². The van der Waals surface area contributed by atoms with Crippen LogP contribution in [0.5, 0.6) is 0 Å². The van der Waals surface area contributed by atoms with Crippen molar-refractivity contribution >= 4 is 28.4 Å². The van der Waals surface area contributed by atoms with E-state index in [-0.39, 0.29) is 11.4 Å². The first-order valence-corrected chi connectivity index (χ1v) is 8.11. The lowest BCUT2D eigenvalue weighted by molar-refractivity contribution is 0.0926. The molecule has 2 N–H and O–H groups in total. The van der Waals surface area contributed by atoms with Gasteiger partial charge in [0.2, 0.25) is 0 Å². The van der Waals surface area contributed by atoms with Crippen molar-refractivity contribution in [2.75, 3.05) is 0 Å². The highest BCUT2D eigenvalue weighted by Gasteiger charge is 2.46. The molecule has 4 rings (SSSR count). The van der Waals surface area contributed by atoms with E-state index in [1.807, 2.05) is 48.3 Å². The highest BCUT2D eigenvalue weighted by molar-refractivity contribution is 6.31. The van der Waals surface area contributed by atoms with Crippen molar-refractivity contribution in [2.24, 2.45) is 0 Å². The third-order valence-electron chi connectivity index (χ3n) is 4.44. The summed E-state index contributed by atoms with van der Waals surface area (Å²) in [6.45, 7) is 2.87. The molecule has 1 amide bonds. The summed E-state index contributed by atoms with van der Waals surface area (Å²) in [4.78, 5) is 15.8. The number of nitrogens with zero attached hydrogens (tertiary/aromatic N) is 2. The van der Waals surface area contributed by atoms with Crippen molar-refractivity contribution in [1.82, 2.24) is 20.1 Å². The van der Waals surface area contributed by atoms with Gasteiger partial charge in [0.25, 0.3) is 5.91 Å². The highest BCUT2D eigenvalue weighted by Crippen LogP contribution is 2.45. The summed E-state index contributed by atoms with van der Waals surface area (Å²) >= 11 is 6.00. The van der Waals surface area contributed by atoms with E-state index in [0.717, 1.165) is 35.9 Å². The summed E-state index contributed by atoms with van der Waals surface area (Å²) in [6, 6.07) is 7.38. The summed E-state index contributed by atoms with van der Waals surface area (Å²) < 4.78 is 1.88. The second kappa shape index (κ2) is 5.13. The fourth-order valence-electron chi connectivity index (χ4n) is 2.90. The number of H-pyrrole nitrogens is 1. The standard InChI is InChI=1S/C17H17ClN4O/c1-2-22-10-12(9-19-22)17(5-6-17)21-16(23)15-8-11-7-13(18)3-4-14(11)20-15/h3-4,7-10,20H,2,5-6H2,1H3,(H,21,23). The normalized spacial score (nSPS) is 15.7. The number of aryl methyl sites for hydroxylation is 1. The number of aromatic amines is 1. The van der Waals surface area contributed by atoms with Crippen molar-refractivity contribution < 1.29 is 4.79 Å². The smallest absolute Gasteiger partial charge is 0.268 e. The van der Waals surface area contributed by atoms with E-state index in [1.54, 1.807) is 0 Å². The Hall–Kier alpha value is -2.27. The van der Waals surface area contributed by atoms with Gasteiger partial charge in [-0.1, -0.05) is 11.6 Å². The third-order valence-corrected chi connectivity index (χ3v) is 4.68. The third kappa shape index (κ3) is 2.51. The molecule has 1 aliphatic rings. The van der Waals surface area contributed by atoms with Gasteiger partial charge in [0.05, 0.1) is 11.7 Å². The molecule has 1 fully saturated rings. The zero-order chi connectivity index (χ0) is 16.0. The first kappa shape index (κ1) is 14.3. The van der Waals surface area contributed by atoms with Crippen LogP contribution in [0.25, 0.3) is 10.9 Å². The minimum Gasteiger partial charge on any atom is -0.351 e. The number of nitrogens with one attached hydrogen (secondary N) is 2. The van der Waals surface area contributed by atoms with Crippen molar-refractivity contribution in [1.29, 1.82) is 0 Å². The number of rotatable bonds is 4. The number of carbonyl (C=O) groups excluding carboxylic acids is 1. The molecule has 0 aliphatic heterocycles. The minimum absolute atomic E-state index is 0.0981. The molecule has 1 aromatic carbocycles. The first-order chi connectivity index (χ1) is 11.1. The molecule has 0 bridgehead atoms. The predicted molar refractivity (Wildman–Crippen MR) is 89.6 cm³/mol. The highest BCUT2D eigenvalue weighted by atomic mass is 35.5. The number of carbonyl (C=O) groups is 1. The average Bonchev–Trinajstić information content (AvgIpc) is 3.01. The molecule has 6 heteroatoms. The van der Waals surface area contributed by atoms with E-state index in [9.17, 15) is 4.79 Å². The molecular formula is C17H17ClN4O. The first-order valence-electron chi connectivity index (χ1n) is 7.73. The van der Waals surface area contributed by atoms with Crippen molar-refractivity contribution in [3.05, 3.63) is 52.9 Å². The molecule has 2 heterocycles. The average molecular weight is 329 g/mol. The van der Waals surface area contributed by atoms with Crippen LogP contribution >= 0.6 is 11.6 Å². The second-order valence-electron chi connectivity index (χ2n) is 6.04. The number of amides is 1. The van der Waals surface area contributed by atoms with Crippen LogP contribution in [0.1, 0.15) is 35.8 Å². The molecule has 1 aliphatic carbocycles. The van der Waals surface area contributed by atoms with Crippen LogP contribution in [0.15, 0.2) is 36.7 Å². The maximum absolute atomic E-state index is 12.6. The Kier molecular flexibility index (Phi) is 3.20. The number of halogens is 1. The predicted octanol–water partition coefficient (Wildman–Crippen LogP) is 3.46. The number of benzene rings is 1. The molecule has 5 nitrogen and oxygen atoms in total. The van der Waals surface area contributed by atoms with E-state index >= 15 is 0 Å². The zero-order valence-electron chi connectivity index (χ0n) is 12.8. The zero-order valence-corrected chi connectivity index (χ0v) is 13.5. The number of aromatic nitrogens is 3. The van der Waals surface area contributed by atoms with Gasteiger partial charge in [0.1, 0.15) is 5.69 Å². The van der Waals surface area contributed by atoms with E-state index < -0.39 is 0 Å². The maximum Gasteiger partial charge on any atom is 0.268 e. The van der Waals surface area contributed by atoms with Gasteiger partial charge < -0.3 is 10.3 Å². The largest absolute Gasteiger partial charge is 0.351 e. The Morgan fingerprint density at radius 3 is 2.96 bits per heavy atom. The Morgan fingerprint density at radius 2 is 2.26 bits per heavy atom. The lowest BCUT2D eigenvalue weighted by Crippen LogP contribution is -2.34.